The Morgan fingerprint density at radius 3 is 2.45 bits per heavy atom. The molecule has 4 heteroatoms. The Balaban J connectivity index is 1.95. The number of aromatic nitrogens is 3. The lowest BCUT2D eigenvalue weighted by Crippen LogP contribution is -2.06. The molecule has 0 aliphatic rings. The Morgan fingerprint density at radius 2 is 1.70 bits per heavy atom. The van der Waals surface area contributed by atoms with Crippen LogP contribution in [-0.4, -0.2) is 20.8 Å². The fourth-order valence-corrected chi connectivity index (χ4v) is 2.02. The summed E-state index contributed by atoms with van der Waals surface area (Å²) in [5, 5.41) is 8.40. The van der Waals surface area contributed by atoms with Gasteiger partial charge in [0.2, 0.25) is 5.78 Å². The minimum Gasteiger partial charge on any atom is -0.287 e. The lowest BCUT2D eigenvalue weighted by molar-refractivity contribution is 0.103. The summed E-state index contributed by atoms with van der Waals surface area (Å²) in [4.78, 5) is 13.9. The summed E-state index contributed by atoms with van der Waals surface area (Å²) in [5.74, 6) is -0.106. The minimum atomic E-state index is -0.106. The van der Waals surface area contributed by atoms with E-state index >= 15 is 0 Å². The van der Waals surface area contributed by atoms with Gasteiger partial charge in [-0.1, -0.05) is 42.5 Å². The van der Waals surface area contributed by atoms with E-state index in [4.69, 9.17) is 0 Å². The second-order valence-corrected chi connectivity index (χ2v) is 4.50. The number of hydrogen-bond donors (Lipinski definition) is 0. The van der Waals surface area contributed by atoms with Gasteiger partial charge in [0, 0.05) is 5.56 Å². The van der Waals surface area contributed by atoms with Crippen LogP contribution in [-0.2, 0) is 0 Å². The van der Waals surface area contributed by atoms with Crippen LogP contribution in [0.25, 0.3) is 5.69 Å². The lowest BCUT2D eigenvalue weighted by Gasteiger charge is -2.01. The first-order valence-electron chi connectivity index (χ1n) is 6.34. The molecule has 98 valence electrons. The highest BCUT2D eigenvalue weighted by Gasteiger charge is 2.15. The number of rotatable bonds is 3. The van der Waals surface area contributed by atoms with Crippen molar-refractivity contribution >= 4 is 5.78 Å². The molecular formula is C16H13N3O. The summed E-state index contributed by atoms with van der Waals surface area (Å²) in [6.45, 7) is 1.91. The van der Waals surface area contributed by atoms with E-state index in [2.05, 4.69) is 10.2 Å². The molecule has 0 aliphatic carbocycles. The Labute approximate surface area is 116 Å². The zero-order valence-electron chi connectivity index (χ0n) is 11.0. The van der Waals surface area contributed by atoms with Gasteiger partial charge in [0.05, 0.1) is 11.9 Å². The lowest BCUT2D eigenvalue weighted by atomic mass is 10.0. The first-order valence-corrected chi connectivity index (χ1v) is 6.34. The number of carbonyl (C=O) groups is 1. The van der Waals surface area contributed by atoms with Crippen molar-refractivity contribution in [2.24, 2.45) is 0 Å². The van der Waals surface area contributed by atoms with Gasteiger partial charge in [0.25, 0.3) is 0 Å². The highest BCUT2D eigenvalue weighted by molar-refractivity contribution is 6.08. The molecule has 3 rings (SSSR count). The molecule has 0 radical (unpaired) electrons. The summed E-state index contributed by atoms with van der Waals surface area (Å²) in [6, 6.07) is 17.0. The molecular weight excluding hydrogens is 250 g/mol. The quantitative estimate of drug-likeness (QED) is 0.683. The van der Waals surface area contributed by atoms with E-state index in [0.717, 1.165) is 11.3 Å². The third-order valence-corrected chi connectivity index (χ3v) is 3.10. The van der Waals surface area contributed by atoms with E-state index in [1.807, 2.05) is 55.5 Å². The van der Waals surface area contributed by atoms with E-state index in [0.29, 0.717) is 11.3 Å². The van der Waals surface area contributed by atoms with E-state index in [1.165, 1.54) is 11.0 Å². The zero-order valence-corrected chi connectivity index (χ0v) is 11.0. The van der Waals surface area contributed by atoms with Crippen molar-refractivity contribution in [1.29, 1.82) is 0 Å². The number of para-hydroxylation sites is 1. The molecule has 0 unspecified atom stereocenters. The van der Waals surface area contributed by atoms with Gasteiger partial charge in [-0.3, -0.25) is 4.79 Å². The molecule has 0 aliphatic heterocycles. The van der Waals surface area contributed by atoms with Crippen molar-refractivity contribution in [3.63, 3.8) is 0 Å². The molecule has 20 heavy (non-hydrogen) atoms. The van der Waals surface area contributed by atoms with Crippen LogP contribution in [0.15, 0.2) is 60.8 Å². The highest BCUT2D eigenvalue weighted by Crippen LogP contribution is 2.12. The monoisotopic (exact) mass is 263 g/mol. The van der Waals surface area contributed by atoms with Crippen LogP contribution >= 0.6 is 0 Å². The Kier molecular flexibility index (Phi) is 3.13. The summed E-state index contributed by atoms with van der Waals surface area (Å²) in [5.41, 5.74) is 2.78. The SMILES string of the molecule is Cc1ccccc1C(=O)c1cnn(-c2ccccc2)n1. The molecule has 0 bridgehead atoms. The second kappa shape index (κ2) is 5.09. The predicted molar refractivity (Wildman–Crippen MR) is 76.0 cm³/mol. The molecule has 1 aromatic heterocycles. The Hall–Kier alpha value is -2.75. The molecule has 1 heterocycles. The third-order valence-electron chi connectivity index (χ3n) is 3.10. The van der Waals surface area contributed by atoms with Crippen molar-refractivity contribution in [3.8, 4) is 5.69 Å². The maximum atomic E-state index is 12.4. The standard InChI is InChI=1S/C16H13N3O/c1-12-7-5-6-10-14(12)16(20)15-11-17-19(18-15)13-8-3-2-4-9-13/h2-11H,1H3. The number of benzene rings is 2. The van der Waals surface area contributed by atoms with Crippen LogP contribution in [0, 0.1) is 6.92 Å². The molecule has 0 amide bonds. The van der Waals surface area contributed by atoms with Gasteiger partial charge in [-0.25, -0.2) is 0 Å². The largest absolute Gasteiger partial charge is 0.287 e. The average Bonchev–Trinajstić information content (AvgIpc) is 2.98. The second-order valence-electron chi connectivity index (χ2n) is 4.50. The highest BCUT2D eigenvalue weighted by atomic mass is 16.1. The summed E-state index contributed by atoms with van der Waals surface area (Å²) < 4.78 is 0. The van der Waals surface area contributed by atoms with E-state index < -0.39 is 0 Å². The van der Waals surface area contributed by atoms with Gasteiger partial charge in [-0.05, 0) is 24.6 Å². The van der Waals surface area contributed by atoms with Crippen LogP contribution < -0.4 is 0 Å². The minimum absolute atomic E-state index is 0.106. The van der Waals surface area contributed by atoms with Gasteiger partial charge in [0.15, 0.2) is 5.69 Å². The normalized spacial score (nSPS) is 10.4. The average molecular weight is 263 g/mol. The number of ketones is 1. The molecule has 0 fully saturated rings. The topological polar surface area (TPSA) is 47.8 Å². The molecule has 0 N–H and O–H groups in total. The molecule has 0 saturated heterocycles. The van der Waals surface area contributed by atoms with Crippen LogP contribution in [0.5, 0.6) is 0 Å². The molecule has 0 spiro atoms. The van der Waals surface area contributed by atoms with Gasteiger partial charge in [-0.2, -0.15) is 9.90 Å². The van der Waals surface area contributed by atoms with Crippen molar-refractivity contribution in [1.82, 2.24) is 15.0 Å². The van der Waals surface area contributed by atoms with Gasteiger partial charge >= 0.3 is 0 Å². The number of carbonyl (C=O) groups excluding carboxylic acids is 1. The van der Waals surface area contributed by atoms with Crippen molar-refractivity contribution in [2.45, 2.75) is 6.92 Å². The molecule has 3 aromatic rings. The van der Waals surface area contributed by atoms with Crippen LogP contribution in [0.2, 0.25) is 0 Å². The van der Waals surface area contributed by atoms with Crippen LogP contribution in [0.1, 0.15) is 21.6 Å². The van der Waals surface area contributed by atoms with Crippen LogP contribution in [0.4, 0.5) is 0 Å². The van der Waals surface area contributed by atoms with Gasteiger partial charge in [0.1, 0.15) is 0 Å². The number of aryl methyl sites for hydroxylation is 1. The predicted octanol–water partition coefficient (Wildman–Crippen LogP) is 2.81. The third kappa shape index (κ3) is 2.23. The van der Waals surface area contributed by atoms with Gasteiger partial charge < -0.3 is 0 Å². The molecule has 4 nitrogen and oxygen atoms in total. The first-order chi connectivity index (χ1) is 9.75. The number of hydrogen-bond acceptors (Lipinski definition) is 3. The first kappa shape index (κ1) is 12.3. The molecule has 0 atom stereocenters. The van der Waals surface area contributed by atoms with Crippen LogP contribution in [0.3, 0.4) is 0 Å². The summed E-state index contributed by atoms with van der Waals surface area (Å²) in [7, 11) is 0. The van der Waals surface area contributed by atoms with E-state index in [1.54, 1.807) is 6.07 Å². The maximum Gasteiger partial charge on any atom is 0.215 e. The van der Waals surface area contributed by atoms with Crippen molar-refractivity contribution < 1.29 is 4.79 Å². The summed E-state index contributed by atoms with van der Waals surface area (Å²) in [6.07, 6.45) is 1.50. The van der Waals surface area contributed by atoms with E-state index in [9.17, 15) is 4.79 Å². The van der Waals surface area contributed by atoms with Gasteiger partial charge in [-0.15, -0.1) is 5.10 Å². The fourth-order valence-electron chi connectivity index (χ4n) is 2.02. The summed E-state index contributed by atoms with van der Waals surface area (Å²) >= 11 is 0. The zero-order chi connectivity index (χ0) is 13.9. The van der Waals surface area contributed by atoms with Crippen molar-refractivity contribution in [2.75, 3.05) is 0 Å². The maximum absolute atomic E-state index is 12.4. The molecule has 0 saturated carbocycles. The van der Waals surface area contributed by atoms with E-state index in [-0.39, 0.29) is 5.78 Å². The fraction of sp³-hybridized carbons (Fsp3) is 0.0625. The Bertz CT molecular complexity index is 747. The number of nitrogens with zero attached hydrogens (tertiary/aromatic N) is 3. The Morgan fingerprint density at radius 1 is 1.00 bits per heavy atom. The van der Waals surface area contributed by atoms with Crippen molar-refractivity contribution in [3.05, 3.63) is 77.6 Å². The molecule has 2 aromatic carbocycles. The smallest absolute Gasteiger partial charge is 0.215 e.